The van der Waals surface area contributed by atoms with Crippen molar-refractivity contribution in [2.24, 2.45) is 0 Å². The molecule has 29 heavy (non-hydrogen) atoms. The number of carbonyl (C=O) groups excluding carboxylic acids is 1. The smallest absolute Gasteiger partial charge is 0.272 e. The SMILES string of the molecule is O=C(NCc1ccc(F)cc1)c1cc2n(n1)C[C@@H](c1ccc3c(c1)OCO3)OC2. The Labute approximate surface area is 166 Å². The van der Waals surface area contributed by atoms with Crippen molar-refractivity contribution < 1.29 is 23.4 Å². The van der Waals surface area contributed by atoms with E-state index in [1.165, 1.54) is 12.1 Å². The highest BCUT2D eigenvalue weighted by Gasteiger charge is 2.25. The molecule has 7 nitrogen and oxygen atoms in total. The van der Waals surface area contributed by atoms with Crippen molar-refractivity contribution in [1.29, 1.82) is 0 Å². The lowest BCUT2D eigenvalue weighted by Crippen LogP contribution is -2.24. The Bertz CT molecular complexity index is 1060. The number of nitrogens with one attached hydrogen (secondary N) is 1. The normalized spacial score (nSPS) is 17.1. The predicted octanol–water partition coefficient (Wildman–Crippen LogP) is 2.95. The molecule has 3 heterocycles. The zero-order valence-electron chi connectivity index (χ0n) is 15.4. The first-order valence-electron chi connectivity index (χ1n) is 9.26. The minimum Gasteiger partial charge on any atom is -0.454 e. The molecular weight excluding hydrogens is 377 g/mol. The third-order valence-corrected chi connectivity index (χ3v) is 5.00. The summed E-state index contributed by atoms with van der Waals surface area (Å²) in [6, 6.07) is 13.5. The highest BCUT2D eigenvalue weighted by Crippen LogP contribution is 2.36. The topological polar surface area (TPSA) is 74.6 Å². The monoisotopic (exact) mass is 395 g/mol. The van der Waals surface area contributed by atoms with Gasteiger partial charge < -0.3 is 19.5 Å². The number of hydrogen-bond acceptors (Lipinski definition) is 5. The maximum Gasteiger partial charge on any atom is 0.272 e. The van der Waals surface area contributed by atoms with E-state index in [2.05, 4.69) is 10.4 Å². The molecule has 0 unspecified atom stereocenters. The zero-order valence-corrected chi connectivity index (χ0v) is 15.4. The summed E-state index contributed by atoms with van der Waals surface area (Å²) in [5.41, 5.74) is 2.96. The fraction of sp³-hybridized carbons (Fsp3) is 0.238. The maximum absolute atomic E-state index is 13.0. The van der Waals surface area contributed by atoms with Gasteiger partial charge in [-0.25, -0.2) is 4.39 Å². The van der Waals surface area contributed by atoms with Gasteiger partial charge in [0.1, 0.15) is 11.9 Å². The first-order valence-corrected chi connectivity index (χ1v) is 9.26. The van der Waals surface area contributed by atoms with Crippen LogP contribution < -0.4 is 14.8 Å². The van der Waals surface area contributed by atoms with Crippen molar-refractivity contribution in [3.63, 3.8) is 0 Å². The van der Waals surface area contributed by atoms with Crippen LogP contribution in [0.3, 0.4) is 0 Å². The largest absolute Gasteiger partial charge is 0.454 e. The van der Waals surface area contributed by atoms with Crippen molar-refractivity contribution in [3.05, 3.63) is 76.9 Å². The van der Waals surface area contributed by atoms with E-state index in [0.717, 1.165) is 22.6 Å². The summed E-state index contributed by atoms with van der Waals surface area (Å²) in [7, 11) is 0. The molecule has 1 atom stereocenters. The van der Waals surface area contributed by atoms with Crippen molar-refractivity contribution in [1.82, 2.24) is 15.1 Å². The van der Waals surface area contributed by atoms with Gasteiger partial charge in [-0.05, 0) is 41.5 Å². The van der Waals surface area contributed by atoms with Crippen molar-refractivity contribution in [2.45, 2.75) is 25.8 Å². The fourth-order valence-corrected chi connectivity index (χ4v) is 3.43. The number of aromatic nitrogens is 2. The van der Waals surface area contributed by atoms with Gasteiger partial charge in [0.25, 0.3) is 5.91 Å². The van der Waals surface area contributed by atoms with Crippen LogP contribution in [0.25, 0.3) is 0 Å². The number of nitrogens with zero attached hydrogens (tertiary/aromatic N) is 2. The zero-order chi connectivity index (χ0) is 19.8. The summed E-state index contributed by atoms with van der Waals surface area (Å²) in [6.45, 7) is 1.39. The Hall–Kier alpha value is -3.39. The minimum atomic E-state index is -0.307. The number of ether oxygens (including phenoxy) is 3. The van der Waals surface area contributed by atoms with Crippen LogP contribution >= 0.6 is 0 Å². The van der Waals surface area contributed by atoms with E-state index in [9.17, 15) is 9.18 Å². The van der Waals surface area contributed by atoms with Crippen LogP contribution in [-0.2, 0) is 24.4 Å². The van der Waals surface area contributed by atoms with E-state index in [1.54, 1.807) is 22.9 Å². The summed E-state index contributed by atoms with van der Waals surface area (Å²) >= 11 is 0. The fourth-order valence-electron chi connectivity index (χ4n) is 3.43. The molecule has 5 rings (SSSR count). The number of fused-ring (bicyclic) bond motifs is 2. The molecule has 1 amide bonds. The Morgan fingerprint density at radius 3 is 2.83 bits per heavy atom. The Morgan fingerprint density at radius 2 is 1.97 bits per heavy atom. The Morgan fingerprint density at radius 1 is 1.14 bits per heavy atom. The van der Waals surface area contributed by atoms with Gasteiger partial charge in [0, 0.05) is 6.54 Å². The lowest BCUT2D eigenvalue weighted by atomic mass is 10.1. The molecule has 0 saturated carbocycles. The highest BCUT2D eigenvalue weighted by molar-refractivity contribution is 5.92. The molecule has 2 aliphatic rings. The standard InChI is InChI=1S/C21H18FN3O4/c22-15-4-1-13(2-5-15)9-23-21(26)17-8-16-11-27-20(10-25(16)24-17)14-3-6-18-19(7-14)29-12-28-18/h1-8,20H,9-12H2,(H,23,26)/t20-/m0/s1. The third-order valence-electron chi connectivity index (χ3n) is 5.00. The summed E-state index contributed by atoms with van der Waals surface area (Å²) in [5, 5.41) is 7.24. The van der Waals surface area contributed by atoms with E-state index in [0.29, 0.717) is 31.1 Å². The van der Waals surface area contributed by atoms with E-state index in [4.69, 9.17) is 14.2 Å². The number of hydrogen-bond donors (Lipinski definition) is 1. The molecular formula is C21H18FN3O4. The van der Waals surface area contributed by atoms with Gasteiger partial charge in [0.2, 0.25) is 6.79 Å². The molecule has 2 aromatic carbocycles. The first-order chi connectivity index (χ1) is 14.2. The van der Waals surface area contributed by atoms with Gasteiger partial charge in [0.05, 0.1) is 18.8 Å². The number of benzene rings is 2. The first kappa shape index (κ1) is 17.7. The average Bonchev–Trinajstić information content (AvgIpc) is 3.38. The number of halogens is 1. The molecule has 148 valence electrons. The second kappa shape index (κ2) is 7.21. The molecule has 0 saturated heterocycles. The van der Waals surface area contributed by atoms with Crippen molar-refractivity contribution in [3.8, 4) is 11.5 Å². The van der Waals surface area contributed by atoms with Gasteiger partial charge in [-0.2, -0.15) is 5.10 Å². The summed E-state index contributed by atoms with van der Waals surface area (Å²) < 4.78 is 31.5. The van der Waals surface area contributed by atoms with E-state index in [-0.39, 0.29) is 24.6 Å². The van der Waals surface area contributed by atoms with E-state index < -0.39 is 0 Å². The number of carbonyl (C=O) groups is 1. The summed E-state index contributed by atoms with van der Waals surface area (Å²) in [5.74, 6) is 0.845. The van der Waals surface area contributed by atoms with Crippen LogP contribution in [-0.4, -0.2) is 22.5 Å². The van der Waals surface area contributed by atoms with Crippen LogP contribution in [0.5, 0.6) is 11.5 Å². The molecule has 0 fully saturated rings. The number of rotatable bonds is 4. The summed E-state index contributed by atoms with van der Waals surface area (Å²) in [6.07, 6.45) is -0.188. The highest BCUT2D eigenvalue weighted by atomic mass is 19.1. The molecule has 8 heteroatoms. The Balaban J connectivity index is 1.26. The van der Waals surface area contributed by atoms with Crippen molar-refractivity contribution in [2.75, 3.05) is 6.79 Å². The number of amides is 1. The van der Waals surface area contributed by atoms with Crippen LogP contribution in [0, 0.1) is 5.82 Å². The molecule has 0 aliphatic carbocycles. The minimum absolute atomic E-state index is 0.188. The van der Waals surface area contributed by atoms with Crippen LogP contribution in [0.2, 0.25) is 0 Å². The molecule has 0 bridgehead atoms. The predicted molar refractivity (Wildman–Crippen MR) is 99.9 cm³/mol. The Kier molecular flexibility index (Phi) is 4.40. The lowest BCUT2D eigenvalue weighted by molar-refractivity contribution is -0.00128. The van der Waals surface area contributed by atoms with Crippen LogP contribution in [0.15, 0.2) is 48.5 Å². The third kappa shape index (κ3) is 3.54. The van der Waals surface area contributed by atoms with Crippen molar-refractivity contribution >= 4 is 5.91 Å². The van der Waals surface area contributed by atoms with Gasteiger partial charge >= 0.3 is 0 Å². The molecule has 1 N–H and O–H groups in total. The second-order valence-electron chi connectivity index (χ2n) is 6.92. The molecule has 0 radical (unpaired) electrons. The van der Waals surface area contributed by atoms with Crippen LogP contribution in [0.4, 0.5) is 4.39 Å². The lowest BCUT2D eigenvalue weighted by Gasteiger charge is -2.24. The average molecular weight is 395 g/mol. The maximum atomic E-state index is 13.0. The van der Waals surface area contributed by atoms with E-state index >= 15 is 0 Å². The molecule has 3 aromatic rings. The molecule has 1 aromatic heterocycles. The quantitative estimate of drug-likeness (QED) is 0.735. The van der Waals surface area contributed by atoms with Crippen LogP contribution in [0.1, 0.15) is 33.4 Å². The van der Waals surface area contributed by atoms with Gasteiger partial charge in [-0.15, -0.1) is 0 Å². The second-order valence-corrected chi connectivity index (χ2v) is 6.92. The van der Waals surface area contributed by atoms with Gasteiger partial charge in [-0.3, -0.25) is 9.48 Å². The van der Waals surface area contributed by atoms with Gasteiger partial charge in [0.15, 0.2) is 17.2 Å². The molecule has 2 aliphatic heterocycles. The molecule has 0 spiro atoms. The van der Waals surface area contributed by atoms with E-state index in [1.807, 2.05) is 18.2 Å². The van der Waals surface area contributed by atoms with Gasteiger partial charge in [-0.1, -0.05) is 18.2 Å². The summed E-state index contributed by atoms with van der Waals surface area (Å²) in [4.78, 5) is 12.4.